The lowest BCUT2D eigenvalue weighted by molar-refractivity contribution is 0.147. The lowest BCUT2D eigenvalue weighted by atomic mass is 10.2. The number of thioether (sulfide) groups is 1. The Balaban J connectivity index is 0.00000161. The Hall–Kier alpha value is -0.180. The van der Waals surface area contributed by atoms with Gasteiger partial charge in [-0.1, -0.05) is 6.07 Å². The molecule has 1 saturated heterocycles. The van der Waals surface area contributed by atoms with Crippen LogP contribution >= 0.6 is 46.8 Å². The maximum Gasteiger partial charge on any atom is 0.320 e. The van der Waals surface area contributed by atoms with Gasteiger partial charge in [0, 0.05) is 53.5 Å². The number of urea groups is 1. The van der Waals surface area contributed by atoms with Crippen molar-refractivity contribution in [3.8, 4) is 0 Å². The number of halogens is 2. The molecule has 0 spiro atoms. The molecule has 2 heterocycles. The van der Waals surface area contributed by atoms with E-state index in [2.05, 4.69) is 46.1 Å². The third-order valence-electron chi connectivity index (χ3n) is 3.70. The molecule has 1 N–H and O–H groups in total. The Morgan fingerprint density at radius 2 is 1.95 bits per heavy atom. The molecule has 4 nitrogen and oxygen atoms in total. The van der Waals surface area contributed by atoms with Crippen molar-refractivity contribution in [2.24, 2.45) is 0 Å². The number of carbonyl (C=O) groups is 1. The van der Waals surface area contributed by atoms with Gasteiger partial charge in [0.15, 0.2) is 0 Å². The normalized spacial score (nSPS) is 18.5. The fourth-order valence-corrected chi connectivity index (χ4v) is 4.49. The maximum absolute atomic E-state index is 12.6. The van der Waals surface area contributed by atoms with Crippen LogP contribution in [-0.4, -0.2) is 54.3 Å². The summed E-state index contributed by atoms with van der Waals surface area (Å²) in [7, 11) is 0. The van der Waals surface area contributed by atoms with Crippen LogP contribution in [0.3, 0.4) is 0 Å². The van der Waals surface area contributed by atoms with Gasteiger partial charge in [-0.05, 0) is 40.3 Å². The van der Waals surface area contributed by atoms with Gasteiger partial charge in [0.05, 0.1) is 0 Å². The van der Waals surface area contributed by atoms with Gasteiger partial charge in [0.2, 0.25) is 0 Å². The molecule has 0 unspecified atom stereocenters. The van der Waals surface area contributed by atoms with Crippen molar-refractivity contribution in [2.45, 2.75) is 11.4 Å². The molecule has 21 heavy (non-hydrogen) atoms. The molecule has 0 aliphatic carbocycles. The van der Waals surface area contributed by atoms with E-state index in [-0.39, 0.29) is 18.4 Å². The average Bonchev–Trinajstić information content (AvgIpc) is 2.71. The van der Waals surface area contributed by atoms with Crippen LogP contribution in [0.2, 0.25) is 0 Å². The SMILES string of the molecule is Cl.O=C(N1CCNCC1)N1CCSc2cccc(I)c2C1. The summed E-state index contributed by atoms with van der Waals surface area (Å²) in [6, 6.07) is 6.58. The fraction of sp³-hybridized carbons (Fsp3) is 0.500. The number of rotatable bonds is 0. The molecule has 1 aromatic carbocycles. The molecule has 1 fully saturated rings. The predicted octanol–water partition coefficient (Wildman–Crippen LogP) is 2.65. The Morgan fingerprint density at radius 1 is 1.19 bits per heavy atom. The average molecular weight is 440 g/mol. The van der Waals surface area contributed by atoms with Gasteiger partial charge in [-0.15, -0.1) is 24.2 Å². The van der Waals surface area contributed by atoms with Crippen molar-refractivity contribution in [1.29, 1.82) is 0 Å². The van der Waals surface area contributed by atoms with Crippen molar-refractivity contribution >= 4 is 52.8 Å². The Morgan fingerprint density at radius 3 is 2.71 bits per heavy atom. The third-order valence-corrected chi connectivity index (χ3v) is 5.79. The van der Waals surface area contributed by atoms with E-state index in [1.807, 2.05) is 21.6 Å². The summed E-state index contributed by atoms with van der Waals surface area (Å²) in [6.45, 7) is 5.02. The number of nitrogens with zero attached hydrogens (tertiary/aromatic N) is 2. The molecule has 0 bridgehead atoms. The van der Waals surface area contributed by atoms with Crippen molar-refractivity contribution < 1.29 is 4.79 Å². The van der Waals surface area contributed by atoms with Crippen LogP contribution in [0.25, 0.3) is 0 Å². The number of nitrogens with one attached hydrogen (secondary N) is 1. The highest BCUT2D eigenvalue weighted by Crippen LogP contribution is 2.30. The summed E-state index contributed by atoms with van der Waals surface area (Å²) in [5, 5.41) is 3.29. The minimum absolute atomic E-state index is 0. The second kappa shape index (κ2) is 7.89. The smallest absolute Gasteiger partial charge is 0.320 e. The van der Waals surface area contributed by atoms with Crippen LogP contribution in [0.4, 0.5) is 4.79 Å². The summed E-state index contributed by atoms with van der Waals surface area (Å²) in [6.07, 6.45) is 0. The summed E-state index contributed by atoms with van der Waals surface area (Å²) in [4.78, 5) is 17.9. The van der Waals surface area contributed by atoms with Gasteiger partial charge >= 0.3 is 6.03 Å². The third kappa shape index (κ3) is 3.97. The van der Waals surface area contributed by atoms with E-state index >= 15 is 0 Å². The van der Waals surface area contributed by atoms with Crippen molar-refractivity contribution in [2.75, 3.05) is 38.5 Å². The van der Waals surface area contributed by atoms with E-state index in [1.165, 1.54) is 14.0 Å². The molecular weight excluding hydrogens is 421 g/mol. The standard InChI is InChI=1S/C14H18IN3OS.ClH/c15-12-2-1-3-13-11(12)10-18(8-9-20-13)14(19)17-6-4-16-5-7-17;/h1-3,16H,4-10H2;1H. The van der Waals surface area contributed by atoms with Crippen molar-refractivity contribution in [1.82, 2.24) is 15.1 Å². The molecule has 0 radical (unpaired) electrons. The lowest BCUT2D eigenvalue weighted by Gasteiger charge is -2.32. The largest absolute Gasteiger partial charge is 0.322 e. The number of carbonyl (C=O) groups excluding carboxylic acids is 1. The highest BCUT2D eigenvalue weighted by atomic mass is 127. The monoisotopic (exact) mass is 439 g/mol. The molecular formula is C14H19ClIN3OS. The highest BCUT2D eigenvalue weighted by molar-refractivity contribution is 14.1. The van der Waals surface area contributed by atoms with Gasteiger partial charge in [-0.3, -0.25) is 0 Å². The van der Waals surface area contributed by atoms with E-state index in [0.717, 1.165) is 45.0 Å². The Kier molecular flexibility index (Phi) is 6.46. The van der Waals surface area contributed by atoms with E-state index < -0.39 is 0 Å². The van der Waals surface area contributed by atoms with Gasteiger partial charge in [-0.25, -0.2) is 4.79 Å². The Bertz CT molecular complexity index is 511. The van der Waals surface area contributed by atoms with Crippen LogP contribution in [0.5, 0.6) is 0 Å². The highest BCUT2D eigenvalue weighted by Gasteiger charge is 2.25. The first-order valence-electron chi connectivity index (χ1n) is 6.90. The molecule has 1 aromatic rings. The first kappa shape index (κ1) is 17.2. The molecule has 0 atom stereocenters. The van der Waals surface area contributed by atoms with Gasteiger partial charge < -0.3 is 15.1 Å². The molecule has 116 valence electrons. The van der Waals surface area contributed by atoms with Crippen molar-refractivity contribution in [3.63, 3.8) is 0 Å². The second-order valence-electron chi connectivity index (χ2n) is 5.01. The maximum atomic E-state index is 12.6. The zero-order valence-electron chi connectivity index (χ0n) is 11.7. The lowest BCUT2D eigenvalue weighted by Crippen LogP contribution is -2.51. The van der Waals surface area contributed by atoms with Crippen LogP contribution in [-0.2, 0) is 6.54 Å². The first-order valence-corrected chi connectivity index (χ1v) is 8.97. The summed E-state index contributed by atoms with van der Waals surface area (Å²) >= 11 is 4.24. The molecule has 2 aliphatic heterocycles. The van der Waals surface area contributed by atoms with Gasteiger partial charge in [0.25, 0.3) is 0 Å². The molecule has 3 rings (SSSR count). The second-order valence-corrected chi connectivity index (χ2v) is 7.31. The number of benzene rings is 1. The summed E-state index contributed by atoms with van der Waals surface area (Å²) in [5.74, 6) is 0.977. The predicted molar refractivity (Wildman–Crippen MR) is 97.4 cm³/mol. The molecule has 0 aromatic heterocycles. The molecule has 7 heteroatoms. The molecule has 2 aliphatic rings. The zero-order chi connectivity index (χ0) is 13.9. The first-order chi connectivity index (χ1) is 9.75. The fourth-order valence-electron chi connectivity index (χ4n) is 2.58. The van der Waals surface area contributed by atoms with Crippen LogP contribution in [0.15, 0.2) is 23.1 Å². The Labute approximate surface area is 149 Å². The number of piperazine rings is 1. The number of hydrogen-bond acceptors (Lipinski definition) is 3. The number of hydrogen-bond donors (Lipinski definition) is 1. The van der Waals surface area contributed by atoms with Gasteiger partial charge in [0.1, 0.15) is 0 Å². The topological polar surface area (TPSA) is 35.6 Å². The van der Waals surface area contributed by atoms with Gasteiger partial charge in [-0.2, -0.15) is 0 Å². The summed E-state index contributed by atoms with van der Waals surface area (Å²) < 4.78 is 1.26. The van der Waals surface area contributed by atoms with Crippen LogP contribution in [0, 0.1) is 3.57 Å². The van der Waals surface area contributed by atoms with Crippen LogP contribution < -0.4 is 5.32 Å². The number of fused-ring (bicyclic) bond motifs is 1. The zero-order valence-corrected chi connectivity index (χ0v) is 15.5. The quantitative estimate of drug-likeness (QED) is 0.631. The summed E-state index contributed by atoms with van der Waals surface area (Å²) in [5.41, 5.74) is 1.30. The molecule has 0 saturated carbocycles. The van der Waals surface area contributed by atoms with E-state index in [0.29, 0.717) is 0 Å². The minimum Gasteiger partial charge on any atom is -0.322 e. The van der Waals surface area contributed by atoms with E-state index in [9.17, 15) is 4.79 Å². The van der Waals surface area contributed by atoms with Crippen LogP contribution in [0.1, 0.15) is 5.56 Å². The van der Waals surface area contributed by atoms with Crippen molar-refractivity contribution in [3.05, 3.63) is 27.3 Å². The minimum atomic E-state index is 0. The van der Waals surface area contributed by atoms with E-state index in [1.54, 1.807) is 0 Å². The van der Waals surface area contributed by atoms with E-state index in [4.69, 9.17) is 0 Å². The number of amides is 2. The molecule has 2 amide bonds.